The van der Waals surface area contributed by atoms with Crippen molar-refractivity contribution in [3.05, 3.63) is 0 Å². The van der Waals surface area contributed by atoms with E-state index in [1.165, 1.54) is 45.2 Å². The SMILES string of the molecule is CC(NCCN1C(C)CCCC1C)C1CC1. The molecule has 0 bridgehead atoms. The fourth-order valence-electron chi connectivity index (χ4n) is 3.10. The second-order valence-electron chi connectivity index (χ2n) is 5.95. The number of nitrogens with one attached hydrogen (secondary N) is 1. The minimum atomic E-state index is 0.746. The average Bonchev–Trinajstić information content (AvgIpc) is 3.05. The van der Waals surface area contributed by atoms with Crippen molar-refractivity contribution in [3.8, 4) is 0 Å². The van der Waals surface area contributed by atoms with Crippen LogP contribution in [-0.2, 0) is 0 Å². The average molecular weight is 224 g/mol. The van der Waals surface area contributed by atoms with Crippen LogP contribution in [0.5, 0.6) is 0 Å². The van der Waals surface area contributed by atoms with Gasteiger partial charge in [-0.25, -0.2) is 0 Å². The lowest BCUT2D eigenvalue weighted by Gasteiger charge is -2.39. The Morgan fingerprint density at radius 1 is 1.12 bits per heavy atom. The molecule has 1 saturated heterocycles. The van der Waals surface area contributed by atoms with Gasteiger partial charge in [0.1, 0.15) is 0 Å². The summed E-state index contributed by atoms with van der Waals surface area (Å²) in [7, 11) is 0. The van der Waals surface area contributed by atoms with Crippen LogP contribution in [0.25, 0.3) is 0 Å². The number of rotatable bonds is 5. The molecule has 1 aliphatic heterocycles. The summed E-state index contributed by atoms with van der Waals surface area (Å²) < 4.78 is 0. The van der Waals surface area contributed by atoms with Crippen molar-refractivity contribution in [2.24, 2.45) is 5.92 Å². The van der Waals surface area contributed by atoms with Crippen molar-refractivity contribution >= 4 is 0 Å². The highest BCUT2D eigenvalue weighted by atomic mass is 15.2. The molecule has 0 radical (unpaired) electrons. The van der Waals surface area contributed by atoms with Crippen LogP contribution in [0.3, 0.4) is 0 Å². The summed E-state index contributed by atoms with van der Waals surface area (Å²) in [5.74, 6) is 0.983. The number of piperidine rings is 1. The molecule has 0 spiro atoms. The van der Waals surface area contributed by atoms with Gasteiger partial charge in [-0.05, 0) is 52.4 Å². The van der Waals surface area contributed by atoms with E-state index in [0.717, 1.165) is 24.0 Å². The molecular weight excluding hydrogens is 196 g/mol. The maximum absolute atomic E-state index is 3.69. The molecular formula is C14H28N2. The lowest BCUT2D eigenvalue weighted by molar-refractivity contribution is 0.103. The van der Waals surface area contributed by atoms with Gasteiger partial charge < -0.3 is 5.32 Å². The molecule has 3 unspecified atom stereocenters. The van der Waals surface area contributed by atoms with E-state index in [1.807, 2.05) is 0 Å². The molecule has 0 aromatic carbocycles. The van der Waals surface area contributed by atoms with E-state index in [4.69, 9.17) is 0 Å². The van der Waals surface area contributed by atoms with Crippen LogP contribution in [0.2, 0.25) is 0 Å². The van der Waals surface area contributed by atoms with Crippen LogP contribution in [0, 0.1) is 5.92 Å². The van der Waals surface area contributed by atoms with Gasteiger partial charge in [0.25, 0.3) is 0 Å². The van der Waals surface area contributed by atoms with Crippen molar-refractivity contribution in [3.63, 3.8) is 0 Å². The predicted molar refractivity (Wildman–Crippen MR) is 69.7 cm³/mol. The standard InChI is InChI=1S/C14H28N2/c1-11-5-4-6-12(2)16(11)10-9-15-13(3)14-7-8-14/h11-15H,4-10H2,1-3H3. The van der Waals surface area contributed by atoms with Gasteiger partial charge in [-0.3, -0.25) is 4.90 Å². The first-order valence-corrected chi connectivity index (χ1v) is 7.17. The third kappa shape index (κ3) is 3.21. The second-order valence-corrected chi connectivity index (χ2v) is 5.95. The zero-order chi connectivity index (χ0) is 11.5. The molecule has 0 aromatic heterocycles. The summed E-state index contributed by atoms with van der Waals surface area (Å²) in [6.07, 6.45) is 7.10. The second kappa shape index (κ2) is 5.50. The third-order valence-electron chi connectivity index (χ3n) is 4.54. The maximum Gasteiger partial charge on any atom is 0.0113 e. The molecule has 2 rings (SSSR count). The van der Waals surface area contributed by atoms with Gasteiger partial charge in [0.2, 0.25) is 0 Å². The van der Waals surface area contributed by atoms with E-state index in [9.17, 15) is 0 Å². The van der Waals surface area contributed by atoms with Crippen LogP contribution >= 0.6 is 0 Å². The lowest BCUT2D eigenvalue weighted by Crippen LogP contribution is -2.47. The molecule has 16 heavy (non-hydrogen) atoms. The van der Waals surface area contributed by atoms with Gasteiger partial charge in [-0.2, -0.15) is 0 Å². The Morgan fingerprint density at radius 3 is 2.31 bits per heavy atom. The first-order valence-electron chi connectivity index (χ1n) is 7.17. The summed E-state index contributed by atoms with van der Waals surface area (Å²) in [5.41, 5.74) is 0. The maximum atomic E-state index is 3.69. The summed E-state index contributed by atoms with van der Waals surface area (Å²) >= 11 is 0. The van der Waals surface area contributed by atoms with Gasteiger partial charge in [-0.1, -0.05) is 6.42 Å². The van der Waals surface area contributed by atoms with Crippen molar-refractivity contribution in [1.29, 1.82) is 0 Å². The highest BCUT2D eigenvalue weighted by Gasteiger charge is 2.28. The van der Waals surface area contributed by atoms with Crippen LogP contribution < -0.4 is 5.32 Å². The smallest absolute Gasteiger partial charge is 0.0113 e. The Hall–Kier alpha value is -0.0800. The minimum Gasteiger partial charge on any atom is -0.313 e. The van der Waals surface area contributed by atoms with E-state index >= 15 is 0 Å². The van der Waals surface area contributed by atoms with E-state index in [-0.39, 0.29) is 0 Å². The topological polar surface area (TPSA) is 15.3 Å². The first-order chi connectivity index (χ1) is 7.68. The molecule has 2 nitrogen and oxygen atoms in total. The molecule has 1 saturated carbocycles. The van der Waals surface area contributed by atoms with E-state index < -0.39 is 0 Å². The van der Waals surface area contributed by atoms with E-state index in [1.54, 1.807) is 0 Å². The molecule has 1 N–H and O–H groups in total. The van der Waals surface area contributed by atoms with Gasteiger partial charge >= 0.3 is 0 Å². The van der Waals surface area contributed by atoms with Crippen LogP contribution in [0.4, 0.5) is 0 Å². The van der Waals surface area contributed by atoms with Crippen molar-refractivity contribution in [1.82, 2.24) is 10.2 Å². The summed E-state index contributed by atoms with van der Waals surface area (Å²) in [6.45, 7) is 9.53. The summed E-state index contributed by atoms with van der Waals surface area (Å²) in [5, 5.41) is 3.69. The Morgan fingerprint density at radius 2 is 1.75 bits per heavy atom. The Labute approximate surface area is 101 Å². The summed E-state index contributed by atoms with van der Waals surface area (Å²) in [6, 6.07) is 2.33. The molecule has 1 aliphatic carbocycles. The Bertz CT molecular complexity index is 203. The largest absolute Gasteiger partial charge is 0.313 e. The minimum absolute atomic E-state index is 0.746. The monoisotopic (exact) mass is 224 g/mol. The Balaban J connectivity index is 1.66. The van der Waals surface area contributed by atoms with Gasteiger partial charge in [0, 0.05) is 31.2 Å². The first kappa shape index (κ1) is 12.4. The van der Waals surface area contributed by atoms with Crippen LogP contribution in [0.15, 0.2) is 0 Å². The summed E-state index contributed by atoms with van der Waals surface area (Å²) in [4.78, 5) is 2.69. The van der Waals surface area contributed by atoms with E-state index in [2.05, 4.69) is 31.0 Å². The lowest BCUT2D eigenvalue weighted by atomic mass is 9.98. The zero-order valence-electron chi connectivity index (χ0n) is 11.2. The predicted octanol–water partition coefficient (Wildman–Crippen LogP) is 2.64. The zero-order valence-corrected chi connectivity index (χ0v) is 11.2. The number of likely N-dealkylation sites (tertiary alicyclic amines) is 1. The molecule has 94 valence electrons. The molecule has 0 amide bonds. The van der Waals surface area contributed by atoms with Crippen LogP contribution in [-0.4, -0.2) is 36.1 Å². The molecule has 3 atom stereocenters. The van der Waals surface area contributed by atoms with Gasteiger partial charge in [0.05, 0.1) is 0 Å². The van der Waals surface area contributed by atoms with Crippen LogP contribution in [0.1, 0.15) is 52.9 Å². The highest BCUT2D eigenvalue weighted by molar-refractivity contribution is 4.84. The number of hydrogen-bond acceptors (Lipinski definition) is 2. The molecule has 2 heteroatoms. The van der Waals surface area contributed by atoms with Crippen molar-refractivity contribution in [2.45, 2.75) is 71.0 Å². The van der Waals surface area contributed by atoms with Gasteiger partial charge in [0.15, 0.2) is 0 Å². The highest BCUT2D eigenvalue weighted by Crippen LogP contribution is 2.32. The molecule has 1 heterocycles. The molecule has 0 aromatic rings. The number of hydrogen-bond donors (Lipinski definition) is 1. The van der Waals surface area contributed by atoms with Crippen molar-refractivity contribution < 1.29 is 0 Å². The fourth-order valence-corrected chi connectivity index (χ4v) is 3.10. The van der Waals surface area contributed by atoms with Crippen molar-refractivity contribution in [2.75, 3.05) is 13.1 Å². The molecule has 2 aliphatic rings. The van der Waals surface area contributed by atoms with Gasteiger partial charge in [-0.15, -0.1) is 0 Å². The number of nitrogens with zero attached hydrogens (tertiary/aromatic N) is 1. The quantitative estimate of drug-likeness (QED) is 0.772. The Kier molecular flexibility index (Phi) is 4.26. The van der Waals surface area contributed by atoms with E-state index in [0.29, 0.717) is 0 Å². The molecule has 2 fully saturated rings. The third-order valence-corrected chi connectivity index (χ3v) is 4.54. The fraction of sp³-hybridized carbons (Fsp3) is 1.00. The normalized spacial score (nSPS) is 33.9.